The number of carbonyl (C=O) groups is 1. The van der Waals surface area contributed by atoms with Crippen molar-refractivity contribution in [1.82, 2.24) is 0 Å². The molecule has 0 aliphatic heterocycles. The number of halogens is 1. The Morgan fingerprint density at radius 3 is 2.32 bits per heavy atom. The van der Waals surface area contributed by atoms with Crippen LogP contribution in [0.2, 0.25) is 5.02 Å². The maximum absolute atomic E-state index is 12.7. The van der Waals surface area contributed by atoms with E-state index in [1.54, 1.807) is 42.5 Å². The van der Waals surface area contributed by atoms with Gasteiger partial charge in [0.2, 0.25) is 0 Å². The molecular formula is C25H20ClN3O2. The molecule has 154 valence electrons. The van der Waals surface area contributed by atoms with Crippen molar-refractivity contribution in [2.75, 3.05) is 5.32 Å². The summed E-state index contributed by atoms with van der Waals surface area (Å²) < 4.78 is 0. The maximum atomic E-state index is 12.7. The van der Waals surface area contributed by atoms with Gasteiger partial charge in [0.1, 0.15) is 5.71 Å². The first-order valence-electron chi connectivity index (χ1n) is 9.70. The molecule has 5 nitrogen and oxygen atoms in total. The minimum atomic E-state index is -0.649. The average molecular weight is 430 g/mol. The van der Waals surface area contributed by atoms with Gasteiger partial charge in [0.25, 0.3) is 5.91 Å². The third-order valence-electron chi connectivity index (χ3n) is 5.11. The number of nitrogens with two attached hydrogens (primary N) is 1. The number of anilines is 1. The van der Waals surface area contributed by atoms with Crippen LogP contribution < -0.4 is 11.1 Å². The molecule has 0 radical (unpaired) electrons. The van der Waals surface area contributed by atoms with Crippen molar-refractivity contribution in [3.05, 3.63) is 113 Å². The van der Waals surface area contributed by atoms with Crippen LogP contribution in [0.25, 0.3) is 11.1 Å². The van der Waals surface area contributed by atoms with Crippen molar-refractivity contribution < 1.29 is 10.0 Å². The second-order valence-electron chi connectivity index (χ2n) is 7.04. The summed E-state index contributed by atoms with van der Waals surface area (Å²) >= 11 is 6.25. The lowest BCUT2D eigenvalue weighted by atomic mass is 9.84. The van der Waals surface area contributed by atoms with E-state index in [-0.39, 0.29) is 5.91 Å². The van der Waals surface area contributed by atoms with Crippen LogP contribution in [0.1, 0.15) is 21.5 Å². The molecule has 1 aliphatic rings. The summed E-state index contributed by atoms with van der Waals surface area (Å²) in [6.07, 6.45) is 3.72. The Balaban J connectivity index is 1.76. The third-order valence-corrected chi connectivity index (χ3v) is 5.34. The van der Waals surface area contributed by atoms with Gasteiger partial charge in [-0.15, -0.1) is 0 Å². The highest BCUT2D eigenvalue weighted by atomic mass is 35.5. The Morgan fingerprint density at radius 2 is 1.65 bits per heavy atom. The molecule has 6 heteroatoms. The lowest BCUT2D eigenvalue weighted by Gasteiger charge is -2.25. The normalized spacial score (nSPS) is 17.1. The molecule has 0 saturated heterocycles. The van der Waals surface area contributed by atoms with Crippen molar-refractivity contribution in [2.45, 2.75) is 6.04 Å². The molecular weight excluding hydrogens is 410 g/mol. The van der Waals surface area contributed by atoms with Crippen LogP contribution >= 0.6 is 11.6 Å². The molecule has 0 fully saturated rings. The fourth-order valence-electron chi connectivity index (χ4n) is 3.56. The summed E-state index contributed by atoms with van der Waals surface area (Å²) in [5, 5.41) is 16.7. The molecule has 0 bridgehead atoms. The largest absolute Gasteiger partial charge is 0.411 e. The van der Waals surface area contributed by atoms with Crippen LogP contribution in [0.3, 0.4) is 0 Å². The zero-order valence-electron chi connectivity index (χ0n) is 16.5. The van der Waals surface area contributed by atoms with E-state index in [0.717, 1.165) is 11.1 Å². The van der Waals surface area contributed by atoms with Crippen molar-refractivity contribution in [1.29, 1.82) is 0 Å². The van der Waals surface area contributed by atoms with E-state index in [4.69, 9.17) is 17.3 Å². The molecule has 0 aromatic heterocycles. The van der Waals surface area contributed by atoms with Crippen LogP contribution in [0, 0.1) is 0 Å². The lowest BCUT2D eigenvalue weighted by molar-refractivity contribution is 0.102. The Labute approximate surface area is 185 Å². The standard InChI is InChI=1S/C25H20ClN3O2/c26-18-11-14-22(28-25(30)17-9-5-2-6-10-17)21(15-18)20-13-12-19(23(27)24(20)29-31)16-7-3-1-4-8-16/h1-15,23,31H,27H2,(H,28,30)/b29-24-. The number of benzene rings is 3. The predicted molar refractivity (Wildman–Crippen MR) is 125 cm³/mol. The van der Waals surface area contributed by atoms with E-state index in [2.05, 4.69) is 10.5 Å². The molecule has 4 N–H and O–H groups in total. The van der Waals surface area contributed by atoms with Gasteiger partial charge >= 0.3 is 0 Å². The number of nitrogens with one attached hydrogen (secondary N) is 1. The molecule has 3 aromatic carbocycles. The van der Waals surface area contributed by atoms with E-state index in [1.165, 1.54) is 0 Å². The Kier molecular flexibility index (Phi) is 5.98. The van der Waals surface area contributed by atoms with Gasteiger partial charge in [-0.05, 0) is 41.5 Å². The van der Waals surface area contributed by atoms with Gasteiger partial charge in [0.15, 0.2) is 0 Å². The van der Waals surface area contributed by atoms with Gasteiger partial charge in [0.05, 0.1) is 6.04 Å². The molecule has 1 atom stereocenters. The maximum Gasteiger partial charge on any atom is 0.255 e. The molecule has 4 rings (SSSR count). The summed E-state index contributed by atoms with van der Waals surface area (Å²) in [6.45, 7) is 0. The molecule has 1 amide bonds. The summed E-state index contributed by atoms with van der Waals surface area (Å²) in [5.41, 5.74) is 10.8. The summed E-state index contributed by atoms with van der Waals surface area (Å²) in [6, 6.07) is 23.1. The molecule has 31 heavy (non-hydrogen) atoms. The van der Waals surface area contributed by atoms with Crippen molar-refractivity contribution in [3.63, 3.8) is 0 Å². The number of rotatable bonds is 4. The van der Waals surface area contributed by atoms with Crippen LogP contribution in [-0.2, 0) is 0 Å². The lowest BCUT2D eigenvalue weighted by Crippen LogP contribution is -2.34. The molecule has 1 unspecified atom stereocenters. The summed E-state index contributed by atoms with van der Waals surface area (Å²) in [5.74, 6) is -0.257. The van der Waals surface area contributed by atoms with Crippen LogP contribution in [0.4, 0.5) is 5.69 Å². The smallest absolute Gasteiger partial charge is 0.255 e. The monoisotopic (exact) mass is 429 g/mol. The second-order valence-corrected chi connectivity index (χ2v) is 7.48. The molecule has 3 aromatic rings. The minimum absolute atomic E-state index is 0.257. The Hall–Kier alpha value is -3.67. The first-order valence-corrected chi connectivity index (χ1v) is 10.1. The van der Waals surface area contributed by atoms with E-state index in [0.29, 0.717) is 33.1 Å². The topological polar surface area (TPSA) is 87.7 Å². The Morgan fingerprint density at radius 1 is 0.968 bits per heavy atom. The van der Waals surface area contributed by atoms with Gasteiger partial charge in [-0.2, -0.15) is 0 Å². The van der Waals surface area contributed by atoms with Crippen molar-refractivity contribution in [2.24, 2.45) is 10.9 Å². The molecule has 1 aliphatic carbocycles. The van der Waals surface area contributed by atoms with Crippen LogP contribution in [0.15, 0.2) is 96.2 Å². The van der Waals surface area contributed by atoms with E-state index >= 15 is 0 Å². The fourth-order valence-corrected chi connectivity index (χ4v) is 3.73. The number of hydrogen-bond donors (Lipinski definition) is 3. The summed E-state index contributed by atoms with van der Waals surface area (Å²) in [4.78, 5) is 12.7. The van der Waals surface area contributed by atoms with Gasteiger partial charge in [-0.3, -0.25) is 4.79 Å². The predicted octanol–water partition coefficient (Wildman–Crippen LogP) is 5.23. The average Bonchev–Trinajstić information content (AvgIpc) is 2.81. The number of allylic oxidation sites excluding steroid dienone is 2. The molecule has 0 heterocycles. The quantitative estimate of drug-likeness (QED) is 0.392. The van der Waals surface area contributed by atoms with Gasteiger partial charge in [-0.1, -0.05) is 77.4 Å². The first kappa shape index (κ1) is 20.6. The second kappa shape index (κ2) is 9.00. The molecule has 0 spiro atoms. The fraction of sp³-hybridized carbons (Fsp3) is 0.0400. The SMILES string of the molecule is NC1C(c2ccccc2)=CC=C(c2cc(Cl)ccc2NC(=O)c2ccccc2)/C1=N/O. The third kappa shape index (κ3) is 4.28. The van der Waals surface area contributed by atoms with Gasteiger partial charge < -0.3 is 16.3 Å². The zero-order chi connectivity index (χ0) is 21.8. The van der Waals surface area contributed by atoms with E-state index in [1.807, 2.05) is 48.6 Å². The first-order chi connectivity index (χ1) is 15.1. The van der Waals surface area contributed by atoms with Crippen molar-refractivity contribution in [3.8, 4) is 0 Å². The number of carbonyl (C=O) groups excluding carboxylic acids is 1. The van der Waals surface area contributed by atoms with Gasteiger partial charge in [-0.25, -0.2) is 0 Å². The van der Waals surface area contributed by atoms with E-state index < -0.39 is 6.04 Å². The highest BCUT2D eigenvalue weighted by Crippen LogP contribution is 2.34. The van der Waals surface area contributed by atoms with Crippen molar-refractivity contribution >= 4 is 40.1 Å². The minimum Gasteiger partial charge on any atom is -0.411 e. The molecule has 0 saturated carbocycles. The van der Waals surface area contributed by atoms with Crippen LogP contribution in [-0.4, -0.2) is 22.9 Å². The Bertz CT molecular complexity index is 1200. The van der Waals surface area contributed by atoms with Gasteiger partial charge in [0, 0.05) is 27.4 Å². The highest BCUT2D eigenvalue weighted by molar-refractivity contribution is 6.34. The van der Waals surface area contributed by atoms with E-state index in [9.17, 15) is 10.0 Å². The number of nitrogens with zero attached hydrogens (tertiary/aromatic N) is 1. The number of amides is 1. The zero-order valence-corrected chi connectivity index (χ0v) is 17.3. The number of hydrogen-bond acceptors (Lipinski definition) is 4. The summed E-state index contributed by atoms with van der Waals surface area (Å²) in [7, 11) is 0. The van der Waals surface area contributed by atoms with Crippen LogP contribution in [0.5, 0.6) is 0 Å². The number of oxime groups is 1. The highest BCUT2D eigenvalue weighted by Gasteiger charge is 2.27.